The molecule has 0 radical (unpaired) electrons. The van der Waals surface area contributed by atoms with Gasteiger partial charge in [0.05, 0.1) is 0 Å². The Hall–Kier alpha value is -0.570. The first-order chi connectivity index (χ1) is 5.20. The highest BCUT2D eigenvalue weighted by Crippen LogP contribution is 2.55. The van der Waals surface area contributed by atoms with E-state index in [4.69, 9.17) is 10.5 Å². The predicted molar refractivity (Wildman–Crippen MR) is 37.6 cm³/mol. The van der Waals surface area contributed by atoms with Crippen LogP contribution in [-0.2, 0) is 9.53 Å². The van der Waals surface area contributed by atoms with Gasteiger partial charge in [-0.1, -0.05) is 0 Å². The van der Waals surface area contributed by atoms with Crippen LogP contribution in [0.4, 0.5) is 0 Å². The Morgan fingerprint density at radius 1 is 1.55 bits per heavy atom. The molecule has 1 saturated heterocycles. The Morgan fingerprint density at radius 2 is 2.36 bits per heavy atom. The molecule has 0 unspecified atom stereocenters. The largest absolute Gasteiger partial charge is 0.461 e. The number of nitrogens with two attached hydrogens (primary N) is 1. The van der Waals surface area contributed by atoms with E-state index in [1.165, 1.54) is 0 Å². The fourth-order valence-electron chi connectivity index (χ4n) is 3.05. The number of hydrogen-bond acceptors (Lipinski definition) is 3. The monoisotopic (exact) mass is 153 g/mol. The minimum Gasteiger partial charge on any atom is -0.461 e. The third kappa shape index (κ3) is 0.495. The zero-order valence-electron chi connectivity index (χ0n) is 6.25. The SMILES string of the molecule is N[C@]12C[C@H]3C[C@@H](OC1=O)[C@@H]2C3. The van der Waals surface area contributed by atoms with Gasteiger partial charge in [0.1, 0.15) is 11.6 Å². The van der Waals surface area contributed by atoms with Gasteiger partial charge in [0.15, 0.2) is 0 Å². The molecular weight excluding hydrogens is 142 g/mol. The first-order valence-corrected chi connectivity index (χ1v) is 4.20. The molecule has 3 nitrogen and oxygen atoms in total. The van der Waals surface area contributed by atoms with Crippen molar-refractivity contribution in [3.05, 3.63) is 0 Å². The number of fused-ring (bicyclic) bond motifs is 1. The molecule has 0 spiro atoms. The number of carbonyl (C=O) groups is 1. The lowest BCUT2D eigenvalue weighted by Gasteiger charge is -2.22. The van der Waals surface area contributed by atoms with Crippen LogP contribution < -0.4 is 5.73 Å². The van der Waals surface area contributed by atoms with Gasteiger partial charge in [-0.15, -0.1) is 0 Å². The first kappa shape index (κ1) is 6.00. The third-order valence-electron chi connectivity index (χ3n) is 3.53. The fourth-order valence-corrected chi connectivity index (χ4v) is 3.05. The van der Waals surface area contributed by atoms with Crippen LogP contribution in [0, 0.1) is 11.8 Å². The molecule has 3 fully saturated rings. The topological polar surface area (TPSA) is 52.3 Å². The zero-order valence-corrected chi connectivity index (χ0v) is 6.25. The van der Waals surface area contributed by atoms with Crippen LogP contribution in [0.25, 0.3) is 0 Å². The highest BCUT2D eigenvalue weighted by molar-refractivity contribution is 5.84. The molecule has 0 aromatic heterocycles. The third-order valence-corrected chi connectivity index (χ3v) is 3.53. The second-order valence-electron chi connectivity index (χ2n) is 4.13. The van der Waals surface area contributed by atoms with Gasteiger partial charge in [-0.3, -0.25) is 4.79 Å². The molecule has 3 rings (SSSR count). The Balaban J connectivity index is 2.11. The lowest BCUT2D eigenvalue weighted by atomic mass is 9.83. The quantitative estimate of drug-likeness (QED) is 0.500. The van der Waals surface area contributed by atoms with Crippen LogP contribution in [0.2, 0.25) is 0 Å². The summed E-state index contributed by atoms with van der Waals surface area (Å²) in [5.41, 5.74) is 5.38. The van der Waals surface area contributed by atoms with Crippen molar-refractivity contribution in [2.45, 2.75) is 30.9 Å². The van der Waals surface area contributed by atoms with E-state index >= 15 is 0 Å². The van der Waals surface area contributed by atoms with Crippen molar-refractivity contribution in [1.82, 2.24) is 0 Å². The smallest absolute Gasteiger partial charge is 0.326 e. The average Bonchev–Trinajstić information content (AvgIpc) is 2.45. The molecule has 1 aliphatic heterocycles. The van der Waals surface area contributed by atoms with E-state index in [1.807, 2.05) is 0 Å². The van der Waals surface area contributed by atoms with Gasteiger partial charge in [-0.2, -0.15) is 0 Å². The molecule has 2 aliphatic carbocycles. The van der Waals surface area contributed by atoms with Crippen LogP contribution in [0.15, 0.2) is 0 Å². The van der Waals surface area contributed by atoms with Crippen molar-refractivity contribution in [3.8, 4) is 0 Å². The first-order valence-electron chi connectivity index (χ1n) is 4.20. The highest BCUT2D eigenvalue weighted by Gasteiger charge is 2.64. The number of esters is 1. The number of rotatable bonds is 0. The van der Waals surface area contributed by atoms with Crippen LogP contribution >= 0.6 is 0 Å². The van der Waals surface area contributed by atoms with Crippen LogP contribution in [0.3, 0.4) is 0 Å². The van der Waals surface area contributed by atoms with Gasteiger partial charge < -0.3 is 10.5 Å². The van der Waals surface area contributed by atoms with E-state index in [2.05, 4.69) is 0 Å². The number of hydrogen-bond donors (Lipinski definition) is 1. The predicted octanol–water partition coefficient (Wildman–Crippen LogP) is 0.0392. The highest BCUT2D eigenvalue weighted by atomic mass is 16.6. The van der Waals surface area contributed by atoms with Crippen LogP contribution in [0.1, 0.15) is 19.3 Å². The van der Waals surface area contributed by atoms with E-state index in [9.17, 15) is 4.79 Å². The van der Waals surface area contributed by atoms with Gasteiger partial charge in [-0.05, 0) is 25.2 Å². The van der Waals surface area contributed by atoms with Gasteiger partial charge in [0.2, 0.25) is 0 Å². The minimum absolute atomic E-state index is 0.146. The lowest BCUT2D eigenvalue weighted by Crippen LogP contribution is -2.48. The number of ether oxygens (including phenoxy) is 1. The zero-order chi connectivity index (χ0) is 7.64. The lowest BCUT2D eigenvalue weighted by molar-refractivity contribution is -0.144. The summed E-state index contributed by atoms with van der Waals surface area (Å²) in [5.74, 6) is 0.869. The Labute approximate surface area is 64.9 Å². The van der Waals surface area contributed by atoms with E-state index in [0.29, 0.717) is 11.8 Å². The van der Waals surface area contributed by atoms with E-state index in [0.717, 1.165) is 19.3 Å². The average molecular weight is 153 g/mol. The molecule has 3 aliphatic rings. The second kappa shape index (κ2) is 1.46. The molecule has 4 atom stereocenters. The van der Waals surface area contributed by atoms with Crippen molar-refractivity contribution in [3.63, 3.8) is 0 Å². The van der Waals surface area contributed by atoms with E-state index in [1.54, 1.807) is 0 Å². The molecule has 60 valence electrons. The standard InChI is InChI=1S/C8H11NO2/c9-8-3-4-1-5(8)6(2-4)11-7(8)10/h4-6H,1-3,9H2/t4-,5+,6-,8+/m1/s1. The molecule has 2 N–H and O–H groups in total. The van der Waals surface area contributed by atoms with Crippen molar-refractivity contribution in [1.29, 1.82) is 0 Å². The molecule has 2 saturated carbocycles. The summed E-state index contributed by atoms with van der Waals surface area (Å²) in [4.78, 5) is 11.3. The summed E-state index contributed by atoms with van der Waals surface area (Å²) in [6, 6.07) is 0. The molecule has 3 heteroatoms. The maximum atomic E-state index is 11.3. The molecule has 0 amide bonds. The molecular formula is C8H11NO2. The summed E-state index contributed by atoms with van der Waals surface area (Å²) in [6.45, 7) is 0. The summed E-state index contributed by atoms with van der Waals surface area (Å²) in [5, 5.41) is 0. The van der Waals surface area contributed by atoms with Crippen LogP contribution in [-0.4, -0.2) is 17.6 Å². The van der Waals surface area contributed by atoms with E-state index < -0.39 is 5.54 Å². The molecule has 11 heavy (non-hydrogen) atoms. The Kier molecular flexibility index (Phi) is 0.796. The molecule has 1 heterocycles. The van der Waals surface area contributed by atoms with E-state index in [-0.39, 0.29) is 12.1 Å². The van der Waals surface area contributed by atoms with Gasteiger partial charge in [0.25, 0.3) is 0 Å². The van der Waals surface area contributed by atoms with Crippen molar-refractivity contribution in [2.75, 3.05) is 0 Å². The van der Waals surface area contributed by atoms with Crippen molar-refractivity contribution >= 4 is 5.97 Å². The van der Waals surface area contributed by atoms with Crippen molar-refractivity contribution in [2.24, 2.45) is 17.6 Å². The maximum Gasteiger partial charge on any atom is 0.326 e. The second-order valence-corrected chi connectivity index (χ2v) is 4.13. The Bertz CT molecular complexity index is 240. The van der Waals surface area contributed by atoms with Crippen LogP contribution in [0.5, 0.6) is 0 Å². The van der Waals surface area contributed by atoms with Gasteiger partial charge in [0, 0.05) is 5.92 Å². The molecule has 0 aromatic rings. The minimum atomic E-state index is -0.576. The van der Waals surface area contributed by atoms with Gasteiger partial charge in [-0.25, -0.2) is 0 Å². The Morgan fingerprint density at radius 3 is 2.91 bits per heavy atom. The maximum absolute atomic E-state index is 11.3. The fraction of sp³-hybridized carbons (Fsp3) is 0.875. The van der Waals surface area contributed by atoms with Crippen molar-refractivity contribution < 1.29 is 9.53 Å². The summed E-state index contributed by atoms with van der Waals surface area (Å²) in [6.07, 6.45) is 3.22. The summed E-state index contributed by atoms with van der Waals surface area (Å²) < 4.78 is 5.18. The summed E-state index contributed by atoms with van der Waals surface area (Å²) in [7, 11) is 0. The van der Waals surface area contributed by atoms with Gasteiger partial charge >= 0.3 is 5.97 Å². The number of carbonyl (C=O) groups excluding carboxylic acids is 1. The molecule has 0 aromatic carbocycles. The molecule has 2 bridgehead atoms. The normalized spacial score (nSPS) is 58.6. The summed E-state index contributed by atoms with van der Waals surface area (Å²) >= 11 is 0.